The van der Waals surface area contributed by atoms with Crippen LogP contribution in [-0.4, -0.2) is 27.2 Å². The van der Waals surface area contributed by atoms with Crippen LogP contribution in [0.15, 0.2) is 93.9 Å². The van der Waals surface area contributed by atoms with Gasteiger partial charge in [0.25, 0.3) is 11.8 Å². The van der Waals surface area contributed by atoms with Gasteiger partial charge in [-0.1, -0.05) is 24.3 Å². The monoisotopic (exact) mass is 410 g/mol. The zero-order chi connectivity index (χ0) is 21.2. The summed E-state index contributed by atoms with van der Waals surface area (Å²) in [6, 6.07) is 21.9. The lowest BCUT2D eigenvalue weighted by Gasteiger charge is -2.13. The Hall–Kier alpha value is -4.59. The van der Waals surface area contributed by atoms with Gasteiger partial charge in [0.05, 0.1) is 5.69 Å². The molecule has 0 unspecified atom stereocenters. The Labute approximate surface area is 175 Å². The van der Waals surface area contributed by atoms with E-state index in [-0.39, 0.29) is 11.8 Å². The quantitative estimate of drug-likeness (QED) is 0.403. The number of nitrogens with zero attached hydrogens (tertiary/aromatic N) is 4. The van der Waals surface area contributed by atoms with Crippen molar-refractivity contribution in [3.8, 4) is 11.5 Å². The van der Waals surface area contributed by atoms with Gasteiger partial charge in [-0.2, -0.15) is 0 Å². The standard InChI is InChI=1S/C17H10N2O3.C6H4N2O/c20-15-9-10-16(21)19(15)12-7-5-11(6-8-12)17-18-13-3-1-2-4-14(13)22-17;1-2-4-6-5(3-1)7-8-9-6/h1-10H;1-4H. The summed E-state index contributed by atoms with van der Waals surface area (Å²) in [5.74, 6) is -0.163. The van der Waals surface area contributed by atoms with Crippen molar-refractivity contribution in [3.63, 3.8) is 0 Å². The summed E-state index contributed by atoms with van der Waals surface area (Å²) in [6.45, 7) is 0. The molecule has 0 N–H and O–H groups in total. The Morgan fingerprint density at radius 2 is 1.35 bits per heavy atom. The van der Waals surface area contributed by atoms with Gasteiger partial charge in [0.1, 0.15) is 11.0 Å². The van der Waals surface area contributed by atoms with E-state index in [1.165, 1.54) is 12.2 Å². The van der Waals surface area contributed by atoms with E-state index >= 15 is 0 Å². The minimum atomic E-state index is -0.334. The van der Waals surface area contributed by atoms with Gasteiger partial charge in [-0.3, -0.25) is 9.59 Å². The molecule has 1 aliphatic heterocycles. The van der Waals surface area contributed by atoms with E-state index in [4.69, 9.17) is 8.94 Å². The summed E-state index contributed by atoms with van der Waals surface area (Å²) in [5, 5.41) is 7.08. The van der Waals surface area contributed by atoms with Crippen LogP contribution < -0.4 is 4.90 Å². The molecular formula is C23H14N4O4. The lowest BCUT2D eigenvalue weighted by molar-refractivity contribution is -0.119. The zero-order valence-corrected chi connectivity index (χ0v) is 16.0. The van der Waals surface area contributed by atoms with Gasteiger partial charge in [-0.05, 0) is 48.5 Å². The number of imide groups is 1. The average molecular weight is 410 g/mol. The largest absolute Gasteiger partial charge is 0.436 e. The van der Waals surface area contributed by atoms with Crippen molar-refractivity contribution in [3.05, 3.63) is 84.9 Å². The lowest BCUT2D eigenvalue weighted by Crippen LogP contribution is -2.29. The van der Waals surface area contributed by atoms with Crippen LogP contribution in [0, 0.1) is 0 Å². The molecule has 0 radical (unpaired) electrons. The number of hydrogen-bond donors (Lipinski definition) is 0. The number of amides is 2. The minimum absolute atomic E-state index is 0.334. The van der Waals surface area contributed by atoms with Gasteiger partial charge in [-0.15, -0.1) is 5.10 Å². The van der Waals surface area contributed by atoms with Gasteiger partial charge in [0.2, 0.25) is 5.89 Å². The molecule has 2 amide bonds. The van der Waals surface area contributed by atoms with Crippen molar-refractivity contribution in [1.29, 1.82) is 0 Å². The summed E-state index contributed by atoms with van der Waals surface area (Å²) in [6.07, 6.45) is 2.52. The Balaban J connectivity index is 0.000000189. The molecule has 5 aromatic rings. The van der Waals surface area contributed by atoms with Crippen molar-refractivity contribution in [2.45, 2.75) is 0 Å². The molecule has 3 heterocycles. The average Bonchev–Trinajstić information content (AvgIpc) is 3.52. The van der Waals surface area contributed by atoms with Crippen molar-refractivity contribution in [2.75, 3.05) is 4.90 Å². The van der Waals surface area contributed by atoms with Crippen LogP contribution in [0.5, 0.6) is 0 Å². The number of carbonyl (C=O) groups is 2. The molecule has 3 aromatic carbocycles. The van der Waals surface area contributed by atoms with E-state index in [0.29, 0.717) is 11.6 Å². The first-order valence-electron chi connectivity index (χ1n) is 9.38. The Kier molecular flexibility index (Phi) is 4.57. The van der Waals surface area contributed by atoms with Crippen molar-refractivity contribution in [2.24, 2.45) is 0 Å². The minimum Gasteiger partial charge on any atom is -0.436 e. The smallest absolute Gasteiger partial charge is 0.258 e. The Bertz CT molecular complexity index is 1350. The van der Waals surface area contributed by atoms with Crippen LogP contribution in [0.1, 0.15) is 0 Å². The third-order valence-electron chi connectivity index (χ3n) is 4.63. The first kappa shape index (κ1) is 18.4. The fourth-order valence-electron chi connectivity index (χ4n) is 3.13. The molecule has 0 bridgehead atoms. The molecule has 0 aliphatic carbocycles. The van der Waals surface area contributed by atoms with Crippen molar-refractivity contribution >= 4 is 39.7 Å². The third-order valence-corrected chi connectivity index (χ3v) is 4.63. The summed E-state index contributed by atoms with van der Waals surface area (Å²) < 4.78 is 10.4. The molecule has 0 saturated carbocycles. The van der Waals surface area contributed by atoms with Crippen LogP contribution in [0.25, 0.3) is 33.7 Å². The first-order chi connectivity index (χ1) is 15.2. The number of anilines is 1. The fourth-order valence-corrected chi connectivity index (χ4v) is 3.13. The number of carbonyl (C=O) groups excluding carboxylic acids is 2. The molecule has 8 heteroatoms. The second-order valence-electron chi connectivity index (χ2n) is 6.62. The summed E-state index contributed by atoms with van der Waals surface area (Å²) >= 11 is 0. The highest BCUT2D eigenvalue weighted by Crippen LogP contribution is 2.27. The van der Waals surface area contributed by atoms with Crippen LogP contribution in [0.3, 0.4) is 0 Å². The van der Waals surface area contributed by atoms with Gasteiger partial charge < -0.3 is 8.94 Å². The number of aromatic nitrogens is 3. The van der Waals surface area contributed by atoms with E-state index in [2.05, 4.69) is 15.4 Å². The van der Waals surface area contributed by atoms with Crippen LogP contribution in [-0.2, 0) is 9.59 Å². The second-order valence-corrected chi connectivity index (χ2v) is 6.62. The van der Waals surface area contributed by atoms with E-state index < -0.39 is 0 Å². The SMILES string of the molecule is O=C1C=CC(=O)N1c1ccc(-c2nc3ccccc3o2)cc1.c1ccc2onnc2c1. The molecule has 31 heavy (non-hydrogen) atoms. The number of para-hydroxylation sites is 3. The third kappa shape index (κ3) is 3.58. The summed E-state index contributed by atoms with van der Waals surface area (Å²) in [4.78, 5) is 28.8. The van der Waals surface area contributed by atoms with Gasteiger partial charge >= 0.3 is 0 Å². The maximum absolute atomic E-state index is 11.6. The van der Waals surface area contributed by atoms with E-state index in [0.717, 1.165) is 32.7 Å². The predicted molar refractivity (Wildman–Crippen MR) is 113 cm³/mol. The van der Waals surface area contributed by atoms with E-state index in [9.17, 15) is 9.59 Å². The Morgan fingerprint density at radius 3 is 2.03 bits per heavy atom. The maximum Gasteiger partial charge on any atom is 0.258 e. The zero-order valence-electron chi connectivity index (χ0n) is 16.0. The molecule has 2 aromatic heterocycles. The second kappa shape index (κ2) is 7.68. The van der Waals surface area contributed by atoms with Gasteiger partial charge in [0.15, 0.2) is 11.2 Å². The van der Waals surface area contributed by atoms with Crippen LogP contribution in [0.4, 0.5) is 5.69 Å². The molecule has 0 saturated heterocycles. The summed E-state index contributed by atoms with van der Waals surface area (Å²) in [5.41, 5.74) is 4.35. The molecule has 1 aliphatic rings. The lowest BCUT2D eigenvalue weighted by atomic mass is 10.2. The van der Waals surface area contributed by atoms with Crippen LogP contribution >= 0.6 is 0 Å². The number of oxazole rings is 1. The topological polar surface area (TPSA) is 102 Å². The molecular weight excluding hydrogens is 396 g/mol. The maximum atomic E-state index is 11.6. The Morgan fingerprint density at radius 1 is 0.710 bits per heavy atom. The highest BCUT2D eigenvalue weighted by atomic mass is 16.5. The van der Waals surface area contributed by atoms with Crippen molar-refractivity contribution in [1.82, 2.24) is 15.4 Å². The van der Waals surface area contributed by atoms with Crippen LogP contribution in [0.2, 0.25) is 0 Å². The van der Waals surface area contributed by atoms with Gasteiger partial charge in [-0.25, -0.2) is 9.88 Å². The number of hydrogen-bond acceptors (Lipinski definition) is 7. The predicted octanol–water partition coefficient (Wildman–Crippen LogP) is 4.15. The first-order valence-corrected chi connectivity index (χ1v) is 9.38. The molecule has 0 spiro atoms. The number of fused-ring (bicyclic) bond motifs is 2. The fraction of sp³-hybridized carbons (Fsp3) is 0. The molecule has 6 rings (SSSR count). The molecule has 0 fully saturated rings. The highest BCUT2D eigenvalue weighted by Gasteiger charge is 2.25. The number of benzene rings is 3. The molecule has 150 valence electrons. The molecule has 8 nitrogen and oxygen atoms in total. The van der Waals surface area contributed by atoms with Gasteiger partial charge in [0, 0.05) is 23.0 Å². The highest BCUT2D eigenvalue weighted by molar-refractivity contribution is 6.28. The van der Waals surface area contributed by atoms with Crippen molar-refractivity contribution < 1.29 is 18.5 Å². The summed E-state index contributed by atoms with van der Waals surface area (Å²) in [7, 11) is 0. The number of rotatable bonds is 2. The molecule has 0 atom stereocenters. The normalized spacial score (nSPS) is 13.1. The van der Waals surface area contributed by atoms with E-state index in [1.54, 1.807) is 24.3 Å². The van der Waals surface area contributed by atoms with E-state index in [1.807, 2.05) is 48.5 Å².